The summed E-state index contributed by atoms with van der Waals surface area (Å²) in [5.41, 5.74) is 0. The molecule has 18 heavy (non-hydrogen) atoms. The number of carbonyl (C=O) groups excluding carboxylic acids is 1. The number of benzene rings is 1. The van der Waals surface area contributed by atoms with Crippen molar-refractivity contribution >= 4 is 44.8 Å². The Bertz CT molecular complexity index is 551. The van der Waals surface area contributed by atoms with Crippen molar-refractivity contribution in [3.05, 3.63) is 45.1 Å². The van der Waals surface area contributed by atoms with E-state index in [4.69, 9.17) is 4.74 Å². The Morgan fingerprint density at radius 1 is 1.33 bits per heavy atom. The highest BCUT2D eigenvalue weighted by Crippen LogP contribution is 2.30. The van der Waals surface area contributed by atoms with E-state index in [2.05, 4.69) is 15.9 Å². The largest absolute Gasteiger partial charge is 0.496 e. The van der Waals surface area contributed by atoms with Crippen molar-refractivity contribution in [3.8, 4) is 5.75 Å². The molecular weight excluding hydrogens is 332 g/mol. The normalized spacial score (nSPS) is 10.3. The number of halogens is 1. The van der Waals surface area contributed by atoms with Crippen LogP contribution in [0.25, 0.3) is 0 Å². The average Bonchev–Trinajstić information content (AvgIpc) is 2.83. The Kier molecular flexibility index (Phi) is 4.86. The summed E-state index contributed by atoms with van der Waals surface area (Å²) in [4.78, 5) is 13.7. The van der Waals surface area contributed by atoms with Gasteiger partial charge in [0.25, 0.3) is 0 Å². The zero-order chi connectivity index (χ0) is 13.0. The number of rotatable bonds is 5. The molecule has 1 aromatic heterocycles. The summed E-state index contributed by atoms with van der Waals surface area (Å²) < 4.78 is 6.23. The quantitative estimate of drug-likeness (QED) is 0.591. The van der Waals surface area contributed by atoms with Gasteiger partial charge < -0.3 is 4.74 Å². The monoisotopic (exact) mass is 342 g/mol. The van der Waals surface area contributed by atoms with Crippen molar-refractivity contribution in [1.29, 1.82) is 0 Å². The first-order valence-electron chi connectivity index (χ1n) is 5.25. The number of methoxy groups -OCH3 is 1. The molecule has 2 rings (SSSR count). The maximum atomic E-state index is 12.0. The first-order chi connectivity index (χ1) is 8.70. The Labute approximate surface area is 122 Å². The van der Waals surface area contributed by atoms with Gasteiger partial charge >= 0.3 is 0 Å². The highest BCUT2D eigenvalue weighted by molar-refractivity contribution is 9.11. The van der Waals surface area contributed by atoms with Crippen LogP contribution >= 0.6 is 39.0 Å². The molecule has 0 aliphatic carbocycles. The van der Waals surface area contributed by atoms with Crippen LogP contribution in [0.15, 0.2) is 45.1 Å². The lowest BCUT2D eigenvalue weighted by molar-refractivity contribution is 0.102. The van der Waals surface area contributed by atoms with Crippen LogP contribution in [-0.4, -0.2) is 18.6 Å². The molecule has 1 heterocycles. The molecule has 0 bridgehead atoms. The van der Waals surface area contributed by atoms with Gasteiger partial charge in [-0.1, -0.05) is 12.1 Å². The Morgan fingerprint density at radius 3 is 2.78 bits per heavy atom. The second kappa shape index (κ2) is 6.41. The third-order valence-corrected chi connectivity index (χ3v) is 5.00. The van der Waals surface area contributed by atoms with Gasteiger partial charge in [-0.3, -0.25) is 4.79 Å². The van der Waals surface area contributed by atoms with E-state index in [1.165, 1.54) is 23.1 Å². The molecule has 0 amide bonds. The number of carbonyl (C=O) groups is 1. The molecule has 94 valence electrons. The summed E-state index contributed by atoms with van der Waals surface area (Å²) in [6.07, 6.45) is 0. The molecule has 0 saturated heterocycles. The van der Waals surface area contributed by atoms with Crippen molar-refractivity contribution in [2.45, 2.75) is 4.90 Å². The number of ether oxygens (including phenoxy) is 1. The first kappa shape index (κ1) is 13.6. The topological polar surface area (TPSA) is 26.3 Å². The molecular formula is C13H11BrO2S2. The van der Waals surface area contributed by atoms with E-state index in [0.29, 0.717) is 5.75 Å². The van der Waals surface area contributed by atoms with Crippen molar-refractivity contribution in [2.75, 3.05) is 12.9 Å². The van der Waals surface area contributed by atoms with Crippen LogP contribution in [-0.2, 0) is 0 Å². The zero-order valence-electron chi connectivity index (χ0n) is 9.68. The summed E-state index contributed by atoms with van der Waals surface area (Å²) in [7, 11) is 1.64. The van der Waals surface area contributed by atoms with E-state index in [1.54, 1.807) is 7.11 Å². The Morgan fingerprint density at radius 2 is 2.11 bits per heavy atom. The number of hydrogen-bond donors (Lipinski definition) is 0. The Balaban J connectivity index is 2.01. The van der Waals surface area contributed by atoms with Crippen molar-refractivity contribution in [2.24, 2.45) is 0 Å². The predicted octanol–water partition coefficient (Wildman–Crippen LogP) is 4.49. The third-order valence-electron chi connectivity index (χ3n) is 2.28. The highest BCUT2D eigenvalue weighted by atomic mass is 79.9. The van der Waals surface area contributed by atoms with Crippen LogP contribution in [0.4, 0.5) is 0 Å². The summed E-state index contributed by atoms with van der Waals surface area (Å²) in [5.74, 6) is 1.37. The fraction of sp³-hybridized carbons (Fsp3) is 0.154. The molecule has 0 saturated carbocycles. The smallest absolute Gasteiger partial charge is 0.183 e. The van der Waals surface area contributed by atoms with E-state index >= 15 is 0 Å². The van der Waals surface area contributed by atoms with E-state index in [0.717, 1.165) is 19.3 Å². The van der Waals surface area contributed by atoms with Gasteiger partial charge in [-0.2, -0.15) is 0 Å². The number of para-hydroxylation sites is 1. The maximum Gasteiger partial charge on any atom is 0.183 e. The highest BCUT2D eigenvalue weighted by Gasteiger charge is 2.10. The lowest BCUT2D eigenvalue weighted by atomic mass is 10.3. The molecule has 0 aliphatic heterocycles. The second-order valence-corrected chi connectivity index (χ2v) is 6.95. The summed E-state index contributed by atoms with van der Waals surface area (Å²) >= 11 is 6.32. The van der Waals surface area contributed by atoms with Crippen LogP contribution < -0.4 is 4.74 Å². The van der Waals surface area contributed by atoms with Crippen LogP contribution in [0.3, 0.4) is 0 Å². The fourth-order valence-corrected chi connectivity index (χ4v) is 3.74. The van der Waals surface area contributed by atoms with E-state index < -0.39 is 0 Å². The van der Waals surface area contributed by atoms with Crippen LogP contribution in [0, 0.1) is 0 Å². The number of hydrogen-bond acceptors (Lipinski definition) is 4. The van der Waals surface area contributed by atoms with Gasteiger partial charge in [-0.15, -0.1) is 23.1 Å². The van der Waals surface area contributed by atoms with E-state index in [-0.39, 0.29) is 5.78 Å². The van der Waals surface area contributed by atoms with Gasteiger partial charge in [0, 0.05) is 4.90 Å². The molecule has 1 aromatic carbocycles. The minimum atomic E-state index is 0.140. The number of Topliss-reactive ketones (excluding diaryl/α,β-unsaturated/α-hetero) is 1. The minimum absolute atomic E-state index is 0.140. The lowest BCUT2D eigenvalue weighted by Gasteiger charge is -2.06. The summed E-state index contributed by atoms with van der Waals surface area (Å²) in [6.45, 7) is 0. The van der Waals surface area contributed by atoms with Crippen molar-refractivity contribution in [3.63, 3.8) is 0 Å². The van der Waals surface area contributed by atoms with Gasteiger partial charge in [0.15, 0.2) is 5.78 Å². The van der Waals surface area contributed by atoms with Gasteiger partial charge in [0.05, 0.1) is 21.5 Å². The number of thioether (sulfide) groups is 1. The SMILES string of the molecule is COc1ccccc1SCC(=O)c1ccc(Br)s1. The maximum absolute atomic E-state index is 12.0. The van der Waals surface area contributed by atoms with Gasteiger partial charge in [-0.05, 0) is 40.2 Å². The fourth-order valence-electron chi connectivity index (χ4n) is 1.42. The lowest BCUT2D eigenvalue weighted by Crippen LogP contribution is -1.99. The molecule has 2 aromatic rings. The number of ketones is 1. The third kappa shape index (κ3) is 3.37. The molecule has 0 unspecified atom stereocenters. The van der Waals surface area contributed by atoms with Crippen molar-refractivity contribution in [1.82, 2.24) is 0 Å². The standard InChI is InChI=1S/C13H11BrO2S2/c1-16-10-4-2-3-5-12(10)17-8-9(15)11-6-7-13(14)18-11/h2-7H,8H2,1H3. The Hall–Kier alpha value is -0.780. The van der Waals surface area contributed by atoms with Gasteiger partial charge in [0.2, 0.25) is 0 Å². The van der Waals surface area contributed by atoms with Crippen LogP contribution in [0.2, 0.25) is 0 Å². The molecule has 0 spiro atoms. The van der Waals surface area contributed by atoms with Gasteiger partial charge in [0.1, 0.15) is 5.75 Å². The van der Waals surface area contributed by atoms with Crippen LogP contribution in [0.5, 0.6) is 5.75 Å². The first-order valence-corrected chi connectivity index (χ1v) is 7.84. The average molecular weight is 343 g/mol. The van der Waals surface area contributed by atoms with Crippen LogP contribution in [0.1, 0.15) is 9.67 Å². The predicted molar refractivity (Wildman–Crippen MR) is 80.1 cm³/mol. The molecule has 2 nitrogen and oxygen atoms in total. The van der Waals surface area contributed by atoms with Gasteiger partial charge in [-0.25, -0.2) is 0 Å². The molecule has 0 fully saturated rings. The van der Waals surface area contributed by atoms with E-state index in [1.807, 2.05) is 36.4 Å². The molecule has 0 aliphatic rings. The van der Waals surface area contributed by atoms with E-state index in [9.17, 15) is 4.79 Å². The minimum Gasteiger partial charge on any atom is -0.496 e. The molecule has 5 heteroatoms. The summed E-state index contributed by atoms with van der Waals surface area (Å²) in [6, 6.07) is 11.5. The molecule has 0 atom stereocenters. The zero-order valence-corrected chi connectivity index (χ0v) is 12.9. The number of thiophene rings is 1. The molecule has 0 N–H and O–H groups in total. The van der Waals surface area contributed by atoms with Crippen molar-refractivity contribution < 1.29 is 9.53 Å². The summed E-state index contributed by atoms with van der Waals surface area (Å²) in [5, 5.41) is 0. The molecule has 0 radical (unpaired) electrons. The second-order valence-electron chi connectivity index (χ2n) is 3.47.